The van der Waals surface area contributed by atoms with E-state index < -0.39 is 0 Å². The van der Waals surface area contributed by atoms with Gasteiger partial charge in [0.2, 0.25) is 0 Å². The fraction of sp³-hybridized carbons (Fsp3) is 0.647. The molecule has 0 spiro atoms. The first-order valence-electron chi connectivity index (χ1n) is 7.80. The molecule has 0 aliphatic heterocycles. The Hall–Kier alpha value is -0.540. The summed E-state index contributed by atoms with van der Waals surface area (Å²) in [4.78, 5) is 2.60. The molecule has 1 fully saturated rings. The van der Waals surface area contributed by atoms with Crippen molar-refractivity contribution < 1.29 is 0 Å². The lowest BCUT2D eigenvalue weighted by Gasteiger charge is -2.33. The Morgan fingerprint density at radius 2 is 1.90 bits per heavy atom. The Morgan fingerprint density at radius 3 is 2.40 bits per heavy atom. The van der Waals surface area contributed by atoms with Gasteiger partial charge < -0.3 is 10.6 Å². The van der Waals surface area contributed by atoms with Gasteiger partial charge in [0.1, 0.15) is 0 Å². The highest BCUT2D eigenvalue weighted by Crippen LogP contribution is 2.32. The van der Waals surface area contributed by atoms with Gasteiger partial charge in [0.15, 0.2) is 0 Å². The molecule has 1 aromatic carbocycles. The standard InChI is InChI=1S/C17H27BrN2/c1-12(2)11-20(14-6-4-5-7-14)15-8-9-16(13(3)19)17(18)10-15/h8-10,12-14H,4-7,11,19H2,1-3H3/t13-/m0/s1. The van der Waals surface area contributed by atoms with Crippen molar-refractivity contribution in [2.75, 3.05) is 11.4 Å². The minimum Gasteiger partial charge on any atom is -0.368 e. The Labute approximate surface area is 131 Å². The smallest absolute Gasteiger partial charge is 0.0380 e. The summed E-state index contributed by atoms with van der Waals surface area (Å²) >= 11 is 3.68. The highest BCUT2D eigenvalue weighted by molar-refractivity contribution is 9.10. The molecular weight excluding hydrogens is 312 g/mol. The second-order valence-corrected chi connectivity index (χ2v) is 7.33. The average Bonchev–Trinajstić information content (AvgIpc) is 2.88. The van der Waals surface area contributed by atoms with Gasteiger partial charge in [-0.3, -0.25) is 0 Å². The predicted octanol–water partition coefficient (Wildman–Crippen LogP) is 4.87. The van der Waals surface area contributed by atoms with E-state index in [0.717, 1.165) is 11.0 Å². The van der Waals surface area contributed by atoms with E-state index in [9.17, 15) is 0 Å². The van der Waals surface area contributed by atoms with Crippen LogP contribution >= 0.6 is 15.9 Å². The summed E-state index contributed by atoms with van der Waals surface area (Å²) in [5.74, 6) is 0.683. The minimum atomic E-state index is 0.0726. The molecule has 2 nitrogen and oxygen atoms in total. The first-order chi connectivity index (χ1) is 9.49. The van der Waals surface area contributed by atoms with Crippen LogP contribution in [0.3, 0.4) is 0 Å². The molecule has 0 heterocycles. The van der Waals surface area contributed by atoms with Crippen molar-refractivity contribution in [2.24, 2.45) is 11.7 Å². The van der Waals surface area contributed by atoms with E-state index in [-0.39, 0.29) is 6.04 Å². The molecule has 1 saturated carbocycles. The summed E-state index contributed by atoms with van der Waals surface area (Å²) < 4.78 is 1.14. The molecule has 2 rings (SSSR count). The van der Waals surface area contributed by atoms with Crippen LogP contribution in [-0.4, -0.2) is 12.6 Å². The SMILES string of the molecule is CC(C)CN(c1ccc([C@H](C)N)c(Br)c1)C1CCCC1. The van der Waals surface area contributed by atoms with Crippen LogP contribution in [0.1, 0.15) is 58.1 Å². The van der Waals surface area contributed by atoms with Gasteiger partial charge in [-0.1, -0.05) is 48.7 Å². The molecule has 0 saturated heterocycles. The van der Waals surface area contributed by atoms with Gasteiger partial charge in [-0.05, 0) is 43.4 Å². The van der Waals surface area contributed by atoms with Crippen LogP contribution in [0.25, 0.3) is 0 Å². The molecule has 20 heavy (non-hydrogen) atoms. The van der Waals surface area contributed by atoms with Crippen molar-refractivity contribution >= 4 is 21.6 Å². The first-order valence-corrected chi connectivity index (χ1v) is 8.60. The van der Waals surface area contributed by atoms with E-state index in [1.165, 1.54) is 36.9 Å². The molecule has 3 heteroatoms. The summed E-state index contributed by atoms with van der Waals surface area (Å²) in [5.41, 5.74) is 8.52. The number of benzene rings is 1. The molecule has 2 N–H and O–H groups in total. The molecule has 0 aromatic heterocycles. The van der Waals surface area contributed by atoms with E-state index in [4.69, 9.17) is 5.73 Å². The van der Waals surface area contributed by atoms with Crippen molar-refractivity contribution in [3.05, 3.63) is 28.2 Å². The maximum absolute atomic E-state index is 6.00. The predicted molar refractivity (Wildman–Crippen MR) is 91.2 cm³/mol. The molecule has 112 valence electrons. The second kappa shape index (κ2) is 6.95. The zero-order valence-corrected chi connectivity index (χ0v) is 14.5. The first kappa shape index (κ1) is 15.8. The highest BCUT2D eigenvalue weighted by Gasteiger charge is 2.24. The van der Waals surface area contributed by atoms with Crippen molar-refractivity contribution in [1.82, 2.24) is 0 Å². The third-order valence-corrected chi connectivity index (χ3v) is 4.82. The van der Waals surface area contributed by atoms with Crippen LogP contribution in [0.5, 0.6) is 0 Å². The molecule has 0 unspecified atom stereocenters. The molecule has 1 atom stereocenters. The molecule has 1 aliphatic carbocycles. The Morgan fingerprint density at radius 1 is 1.25 bits per heavy atom. The van der Waals surface area contributed by atoms with Crippen LogP contribution < -0.4 is 10.6 Å². The lowest BCUT2D eigenvalue weighted by Crippen LogP contribution is -2.36. The summed E-state index contributed by atoms with van der Waals surface area (Å²) in [7, 11) is 0. The van der Waals surface area contributed by atoms with Crippen molar-refractivity contribution in [3.8, 4) is 0 Å². The average molecular weight is 339 g/mol. The molecule has 1 aromatic rings. The zero-order chi connectivity index (χ0) is 14.7. The lowest BCUT2D eigenvalue weighted by molar-refractivity contribution is 0.535. The van der Waals surface area contributed by atoms with Crippen molar-refractivity contribution in [3.63, 3.8) is 0 Å². The fourth-order valence-electron chi connectivity index (χ4n) is 3.14. The zero-order valence-electron chi connectivity index (χ0n) is 12.9. The Balaban J connectivity index is 2.25. The number of nitrogens with zero attached hydrogens (tertiary/aromatic N) is 1. The Bertz CT molecular complexity index is 437. The summed E-state index contributed by atoms with van der Waals surface area (Å²) in [5, 5.41) is 0. The number of halogens is 1. The van der Waals surface area contributed by atoms with Crippen molar-refractivity contribution in [2.45, 2.75) is 58.5 Å². The van der Waals surface area contributed by atoms with Gasteiger partial charge in [0.05, 0.1) is 0 Å². The minimum absolute atomic E-state index is 0.0726. The summed E-state index contributed by atoms with van der Waals surface area (Å²) in [6, 6.07) is 7.45. The molecule has 0 radical (unpaired) electrons. The number of anilines is 1. The summed E-state index contributed by atoms with van der Waals surface area (Å²) in [6.45, 7) is 7.76. The molecule has 0 bridgehead atoms. The van der Waals surface area contributed by atoms with Gasteiger partial charge >= 0.3 is 0 Å². The summed E-state index contributed by atoms with van der Waals surface area (Å²) in [6.07, 6.45) is 5.41. The molecule has 1 aliphatic rings. The maximum atomic E-state index is 6.00. The van der Waals surface area contributed by atoms with Gasteiger partial charge in [0, 0.05) is 28.8 Å². The second-order valence-electron chi connectivity index (χ2n) is 6.48. The monoisotopic (exact) mass is 338 g/mol. The quantitative estimate of drug-likeness (QED) is 0.829. The van der Waals surface area contributed by atoms with Gasteiger partial charge in [-0.2, -0.15) is 0 Å². The number of hydrogen-bond donors (Lipinski definition) is 1. The fourth-order valence-corrected chi connectivity index (χ4v) is 3.87. The molecule has 0 amide bonds. The van der Waals surface area contributed by atoms with Crippen LogP contribution in [-0.2, 0) is 0 Å². The third kappa shape index (κ3) is 3.76. The van der Waals surface area contributed by atoms with E-state index >= 15 is 0 Å². The topological polar surface area (TPSA) is 29.3 Å². The molecular formula is C17H27BrN2. The number of hydrogen-bond acceptors (Lipinski definition) is 2. The van der Waals surface area contributed by atoms with E-state index in [1.807, 2.05) is 6.92 Å². The van der Waals surface area contributed by atoms with Gasteiger partial charge in [-0.15, -0.1) is 0 Å². The van der Waals surface area contributed by atoms with Gasteiger partial charge in [-0.25, -0.2) is 0 Å². The van der Waals surface area contributed by atoms with E-state index in [1.54, 1.807) is 0 Å². The van der Waals surface area contributed by atoms with Gasteiger partial charge in [0.25, 0.3) is 0 Å². The van der Waals surface area contributed by atoms with E-state index in [2.05, 4.69) is 52.9 Å². The maximum Gasteiger partial charge on any atom is 0.0380 e. The normalized spacial score (nSPS) is 17.7. The van der Waals surface area contributed by atoms with Crippen LogP contribution in [0.2, 0.25) is 0 Å². The lowest BCUT2D eigenvalue weighted by atomic mass is 10.1. The van der Waals surface area contributed by atoms with Crippen LogP contribution in [0.15, 0.2) is 22.7 Å². The van der Waals surface area contributed by atoms with Crippen LogP contribution in [0, 0.1) is 5.92 Å². The number of nitrogens with two attached hydrogens (primary N) is 1. The third-order valence-electron chi connectivity index (χ3n) is 4.13. The Kier molecular flexibility index (Phi) is 5.50. The van der Waals surface area contributed by atoms with Crippen molar-refractivity contribution in [1.29, 1.82) is 0 Å². The van der Waals surface area contributed by atoms with E-state index in [0.29, 0.717) is 12.0 Å². The number of rotatable bonds is 5. The highest BCUT2D eigenvalue weighted by atomic mass is 79.9. The van der Waals surface area contributed by atoms with Crippen LogP contribution in [0.4, 0.5) is 5.69 Å². The largest absolute Gasteiger partial charge is 0.368 e.